The molecule has 0 aromatic heterocycles. The van der Waals surface area contributed by atoms with E-state index in [1.165, 1.54) is 4.67 Å². The summed E-state index contributed by atoms with van der Waals surface area (Å²) in [4.78, 5) is 0. The van der Waals surface area contributed by atoms with Crippen LogP contribution in [0.15, 0.2) is 30.3 Å². The predicted octanol–water partition coefficient (Wildman–Crippen LogP) is 3.05. The van der Waals surface area contributed by atoms with E-state index in [1.54, 1.807) is 0 Å². The average Bonchev–Trinajstić information content (AvgIpc) is 2.37. The van der Waals surface area contributed by atoms with Crippen molar-refractivity contribution in [3.8, 4) is 0 Å². The Morgan fingerprint density at radius 1 is 1.17 bits per heavy atom. The lowest BCUT2D eigenvalue weighted by molar-refractivity contribution is 0.257. The zero-order valence-electron chi connectivity index (χ0n) is 9.97. The van der Waals surface area contributed by atoms with Gasteiger partial charge in [-0.2, -0.15) is 0 Å². The fourth-order valence-corrected chi connectivity index (χ4v) is 3.31. The van der Waals surface area contributed by atoms with Gasteiger partial charge in [-0.05, 0) is 5.56 Å². The fourth-order valence-electron chi connectivity index (χ4n) is 1.41. The van der Waals surface area contributed by atoms with Crippen molar-refractivity contribution >= 4 is 30.9 Å². The van der Waals surface area contributed by atoms with Gasteiger partial charge in [0.15, 0.2) is 0 Å². The van der Waals surface area contributed by atoms with Gasteiger partial charge in [-0.3, -0.25) is 4.57 Å². The number of hydrogen-bond donors (Lipinski definition) is 1. The summed E-state index contributed by atoms with van der Waals surface area (Å²) in [7, 11) is -3.34. The SMILES string of the molecule is N[P@](=O)(OCc1ccccc1)N(CCCl)CCCl. The summed E-state index contributed by atoms with van der Waals surface area (Å²) in [5.74, 6) is 0.652. The highest BCUT2D eigenvalue weighted by Crippen LogP contribution is 2.43. The molecule has 0 aliphatic heterocycles. The Balaban J connectivity index is 2.59. The van der Waals surface area contributed by atoms with Crippen molar-refractivity contribution < 1.29 is 9.09 Å². The number of benzene rings is 1. The third kappa shape index (κ3) is 5.27. The number of nitrogens with zero attached hydrogens (tertiary/aromatic N) is 1. The Hall–Kier alpha value is -0.0900. The van der Waals surface area contributed by atoms with Crippen LogP contribution in [0, 0.1) is 0 Å². The van der Waals surface area contributed by atoms with Gasteiger partial charge in [0, 0.05) is 24.8 Å². The van der Waals surface area contributed by atoms with Gasteiger partial charge < -0.3 is 4.52 Å². The monoisotopic (exact) mass is 310 g/mol. The molecular formula is C11H17Cl2N2O2P. The van der Waals surface area contributed by atoms with Crippen LogP contribution in [0.2, 0.25) is 0 Å². The minimum atomic E-state index is -3.34. The molecule has 1 aromatic carbocycles. The molecule has 0 fully saturated rings. The lowest BCUT2D eigenvalue weighted by atomic mass is 10.2. The van der Waals surface area contributed by atoms with Crippen molar-refractivity contribution in [3.63, 3.8) is 0 Å². The molecule has 1 aromatic rings. The van der Waals surface area contributed by atoms with Crippen LogP contribution in [0.25, 0.3) is 0 Å². The van der Waals surface area contributed by atoms with E-state index < -0.39 is 7.67 Å². The van der Waals surface area contributed by atoms with E-state index >= 15 is 0 Å². The maximum absolute atomic E-state index is 12.2. The Bertz CT molecular complexity index is 386. The van der Waals surface area contributed by atoms with Crippen molar-refractivity contribution in [2.45, 2.75) is 6.61 Å². The van der Waals surface area contributed by atoms with Crippen molar-refractivity contribution in [1.29, 1.82) is 0 Å². The van der Waals surface area contributed by atoms with E-state index in [4.69, 9.17) is 33.2 Å². The van der Waals surface area contributed by atoms with Crippen LogP contribution < -0.4 is 5.50 Å². The van der Waals surface area contributed by atoms with E-state index in [0.717, 1.165) is 5.56 Å². The number of rotatable bonds is 8. The first-order chi connectivity index (χ1) is 8.60. The Kier molecular flexibility index (Phi) is 7.23. The lowest BCUT2D eigenvalue weighted by Gasteiger charge is -2.26. The molecule has 1 rings (SSSR count). The standard InChI is InChI=1S/C11H17Cl2N2O2P/c12-6-8-15(9-7-13)18(14,16)17-10-11-4-2-1-3-5-11/h1-5H,6-10H2,(H2,14,16)/t18-/m0/s1. The van der Waals surface area contributed by atoms with Crippen LogP contribution in [0.1, 0.15) is 5.56 Å². The minimum absolute atomic E-state index is 0.204. The maximum atomic E-state index is 12.2. The second-order valence-corrected chi connectivity index (χ2v) is 6.36. The molecule has 0 amide bonds. The van der Waals surface area contributed by atoms with Gasteiger partial charge in [-0.15, -0.1) is 23.2 Å². The number of alkyl halides is 2. The van der Waals surface area contributed by atoms with Crippen LogP contribution >= 0.6 is 30.9 Å². The van der Waals surface area contributed by atoms with Crippen molar-refractivity contribution in [3.05, 3.63) is 35.9 Å². The van der Waals surface area contributed by atoms with Gasteiger partial charge in [0.1, 0.15) is 0 Å². The van der Waals surface area contributed by atoms with Crippen LogP contribution in [0.4, 0.5) is 0 Å². The first-order valence-electron chi connectivity index (χ1n) is 5.54. The zero-order chi connectivity index (χ0) is 13.4. The third-order valence-corrected chi connectivity index (χ3v) is 4.36. The number of hydrogen-bond acceptors (Lipinski definition) is 2. The molecule has 4 nitrogen and oxygen atoms in total. The second kappa shape index (κ2) is 8.16. The van der Waals surface area contributed by atoms with Crippen molar-refractivity contribution in [1.82, 2.24) is 4.67 Å². The molecule has 1 atom stereocenters. The molecule has 0 saturated carbocycles. The average molecular weight is 311 g/mol. The maximum Gasteiger partial charge on any atom is 0.341 e. The van der Waals surface area contributed by atoms with Crippen molar-refractivity contribution in [2.75, 3.05) is 24.8 Å². The van der Waals surface area contributed by atoms with Gasteiger partial charge in [0.05, 0.1) is 6.61 Å². The Morgan fingerprint density at radius 3 is 2.22 bits per heavy atom. The molecule has 0 heterocycles. The van der Waals surface area contributed by atoms with Crippen LogP contribution in [-0.2, 0) is 15.7 Å². The zero-order valence-corrected chi connectivity index (χ0v) is 12.4. The van der Waals surface area contributed by atoms with Crippen LogP contribution in [0.3, 0.4) is 0 Å². The van der Waals surface area contributed by atoms with E-state index in [2.05, 4.69) is 0 Å². The third-order valence-electron chi connectivity index (χ3n) is 2.34. The Labute approximate surface area is 118 Å². The summed E-state index contributed by atoms with van der Waals surface area (Å²) in [5, 5.41) is 0. The molecular weight excluding hydrogens is 294 g/mol. The molecule has 0 radical (unpaired) electrons. The lowest BCUT2D eigenvalue weighted by Crippen LogP contribution is -2.29. The van der Waals surface area contributed by atoms with E-state index in [0.29, 0.717) is 24.8 Å². The highest BCUT2D eigenvalue weighted by Gasteiger charge is 2.26. The number of nitrogens with two attached hydrogens (primary N) is 1. The summed E-state index contributed by atoms with van der Waals surface area (Å²) < 4.78 is 19.1. The van der Waals surface area contributed by atoms with Crippen LogP contribution in [-0.4, -0.2) is 29.5 Å². The smallest absolute Gasteiger partial charge is 0.301 e. The quantitative estimate of drug-likeness (QED) is 0.592. The minimum Gasteiger partial charge on any atom is -0.301 e. The fraction of sp³-hybridized carbons (Fsp3) is 0.455. The Morgan fingerprint density at radius 2 is 1.72 bits per heavy atom. The molecule has 7 heteroatoms. The van der Waals surface area contributed by atoms with Gasteiger partial charge in [0.2, 0.25) is 0 Å². The molecule has 2 N–H and O–H groups in total. The molecule has 0 saturated heterocycles. The van der Waals surface area contributed by atoms with E-state index in [9.17, 15) is 4.57 Å². The highest BCUT2D eigenvalue weighted by atomic mass is 35.5. The summed E-state index contributed by atoms with van der Waals surface area (Å²) in [6.45, 7) is 0.976. The summed E-state index contributed by atoms with van der Waals surface area (Å²) in [6.07, 6.45) is 0. The second-order valence-electron chi connectivity index (χ2n) is 3.65. The highest BCUT2D eigenvalue weighted by molar-refractivity contribution is 7.53. The van der Waals surface area contributed by atoms with Gasteiger partial charge >= 0.3 is 7.67 Å². The first-order valence-corrected chi connectivity index (χ1v) is 8.26. The topological polar surface area (TPSA) is 55.6 Å². The van der Waals surface area contributed by atoms with Gasteiger partial charge in [-0.1, -0.05) is 30.3 Å². The van der Waals surface area contributed by atoms with Gasteiger partial charge in [0.25, 0.3) is 0 Å². The number of halogens is 2. The molecule has 0 aliphatic rings. The molecule has 0 aliphatic carbocycles. The summed E-state index contributed by atoms with van der Waals surface area (Å²) in [5.41, 5.74) is 6.64. The predicted molar refractivity (Wildman–Crippen MR) is 76.0 cm³/mol. The molecule has 0 spiro atoms. The summed E-state index contributed by atoms with van der Waals surface area (Å²) >= 11 is 11.3. The van der Waals surface area contributed by atoms with Gasteiger partial charge in [-0.25, -0.2) is 10.2 Å². The first kappa shape index (κ1) is 16.0. The normalized spacial score (nSPS) is 14.7. The largest absolute Gasteiger partial charge is 0.341 e. The van der Waals surface area contributed by atoms with E-state index in [1.807, 2.05) is 30.3 Å². The molecule has 0 bridgehead atoms. The summed E-state index contributed by atoms with van der Waals surface area (Å²) in [6, 6.07) is 9.44. The van der Waals surface area contributed by atoms with E-state index in [-0.39, 0.29) is 6.61 Å². The molecule has 18 heavy (non-hydrogen) atoms. The van der Waals surface area contributed by atoms with Crippen molar-refractivity contribution in [2.24, 2.45) is 5.50 Å². The molecule has 102 valence electrons. The van der Waals surface area contributed by atoms with Crippen LogP contribution in [0.5, 0.6) is 0 Å². The molecule has 0 unspecified atom stereocenters.